The second kappa shape index (κ2) is 5.63. The maximum Gasteiger partial charge on any atom is 0.185 e. The van der Waals surface area contributed by atoms with Crippen LogP contribution in [0.5, 0.6) is 0 Å². The maximum absolute atomic E-state index is 12.1. The first kappa shape index (κ1) is 13.1. The molecule has 104 valence electrons. The average Bonchev–Trinajstić information content (AvgIpc) is 3.17. The zero-order valence-corrected chi connectivity index (χ0v) is 11.7. The molecule has 0 bridgehead atoms. The standard InChI is InChI=1S/C17H15N3O/c1-19-15(10-11-18-19)8-9-17(21)14-4-6-16(7-5-14)20-12-2-3-13-20/h2-13H,1H3/b9-8+. The average molecular weight is 277 g/mol. The molecular weight excluding hydrogens is 262 g/mol. The van der Waals surface area contributed by atoms with E-state index in [4.69, 9.17) is 0 Å². The van der Waals surface area contributed by atoms with Gasteiger partial charge in [-0.3, -0.25) is 9.48 Å². The van der Waals surface area contributed by atoms with E-state index in [0.717, 1.165) is 11.4 Å². The van der Waals surface area contributed by atoms with E-state index in [1.54, 1.807) is 23.0 Å². The summed E-state index contributed by atoms with van der Waals surface area (Å²) >= 11 is 0. The van der Waals surface area contributed by atoms with E-state index in [9.17, 15) is 4.79 Å². The Balaban J connectivity index is 1.76. The molecule has 2 aromatic heterocycles. The fourth-order valence-corrected chi connectivity index (χ4v) is 2.11. The highest BCUT2D eigenvalue weighted by Gasteiger charge is 2.03. The Morgan fingerprint density at radius 3 is 2.43 bits per heavy atom. The van der Waals surface area contributed by atoms with Crippen LogP contribution in [0.1, 0.15) is 16.1 Å². The molecule has 0 N–H and O–H groups in total. The molecule has 0 aliphatic carbocycles. The Hall–Kier alpha value is -2.88. The highest BCUT2D eigenvalue weighted by molar-refractivity contribution is 6.06. The highest BCUT2D eigenvalue weighted by atomic mass is 16.1. The van der Waals surface area contributed by atoms with Gasteiger partial charge in [0.1, 0.15) is 0 Å². The zero-order valence-electron chi connectivity index (χ0n) is 11.7. The van der Waals surface area contributed by atoms with Crippen molar-refractivity contribution in [2.75, 3.05) is 0 Å². The van der Waals surface area contributed by atoms with Gasteiger partial charge in [-0.05, 0) is 54.6 Å². The Morgan fingerprint density at radius 1 is 1.10 bits per heavy atom. The fourth-order valence-electron chi connectivity index (χ4n) is 2.11. The molecule has 21 heavy (non-hydrogen) atoms. The van der Waals surface area contributed by atoms with Gasteiger partial charge in [0.25, 0.3) is 0 Å². The normalized spacial score (nSPS) is 11.1. The van der Waals surface area contributed by atoms with Crippen molar-refractivity contribution >= 4 is 11.9 Å². The van der Waals surface area contributed by atoms with Crippen LogP contribution in [0, 0.1) is 0 Å². The first-order valence-corrected chi connectivity index (χ1v) is 6.68. The summed E-state index contributed by atoms with van der Waals surface area (Å²) in [7, 11) is 1.84. The second-order valence-corrected chi connectivity index (χ2v) is 4.71. The molecule has 0 saturated carbocycles. The van der Waals surface area contributed by atoms with E-state index >= 15 is 0 Å². The molecule has 0 saturated heterocycles. The zero-order chi connectivity index (χ0) is 14.7. The summed E-state index contributed by atoms with van der Waals surface area (Å²) in [5.41, 5.74) is 2.60. The number of nitrogens with zero attached hydrogens (tertiary/aromatic N) is 3. The number of hydrogen-bond acceptors (Lipinski definition) is 2. The second-order valence-electron chi connectivity index (χ2n) is 4.71. The van der Waals surface area contributed by atoms with Crippen LogP contribution in [0.15, 0.2) is 67.1 Å². The van der Waals surface area contributed by atoms with Crippen LogP contribution in [-0.2, 0) is 7.05 Å². The molecule has 0 spiro atoms. The van der Waals surface area contributed by atoms with Gasteiger partial charge in [-0.25, -0.2) is 0 Å². The number of carbonyl (C=O) groups excluding carboxylic acids is 1. The summed E-state index contributed by atoms with van der Waals surface area (Å²) < 4.78 is 3.72. The van der Waals surface area contributed by atoms with E-state index < -0.39 is 0 Å². The fraction of sp³-hybridized carbons (Fsp3) is 0.0588. The van der Waals surface area contributed by atoms with Crippen LogP contribution in [0.4, 0.5) is 0 Å². The molecule has 0 radical (unpaired) electrons. The van der Waals surface area contributed by atoms with Crippen LogP contribution in [0.2, 0.25) is 0 Å². The predicted octanol–water partition coefficient (Wildman–Crippen LogP) is 3.11. The monoisotopic (exact) mass is 277 g/mol. The molecule has 3 aromatic rings. The van der Waals surface area contributed by atoms with Crippen LogP contribution >= 0.6 is 0 Å². The van der Waals surface area contributed by atoms with Crippen LogP contribution in [0.3, 0.4) is 0 Å². The third-order valence-electron chi connectivity index (χ3n) is 3.32. The lowest BCUT2D eigenvalue weighted by molar-refractivity contribution is 0.104. The minimum atomic E-state index is -0.0183. The number of aryl methyl sites for hydroxylation is 1. The lowest BCUT2D eigenvalue weighted by Gasteiger charge is -2.03. The van der Waals surface area contributed by atoms with Gasteiger partial charge in [-0.1, -0.05) is 0 Å². The number of benzene rings is 1. The number of ketones is 1. The molecule has 0 aliphatic heterocycles. The molecule has 0 amide bonds. The van der Waals surface area contributed by atoms with Gasteiger partial charge in [0.05, 0.1) is 5.69 Å². The quantitative estimate of drug-likeness (QED) is 0.543. The number of rotatable bonds is 4. The number of hydrogen-bond donors (Lipinski definition) is 0. The largest absolute Gasteiger partial charge is 0.324 e. The van der Waals surface area contributed by atoms with Crippen LogP contribution in [0.25, 0.3) is 11.8 Å². The van der Waals surface area contributed by atoms with Crippen molar-refractivity contribution in [3.63, 3.8) is 0 Å². The lowest BCUT2D eigenvalue weighted by atomic mass is 10.1. The molecule has 0 fully saturated rings. The Bertz CT molecular complexity index is 765. The number of aromatic nitrogens is 3. The number of allylic oxidation sites excluding steroid dienone is 1. The van der Waals surface area contributed by atoms with Gasteiger partial charge in [0.15, 0.2) is 5.78 Å². The lowest BCUT2D eigenvalue weighted by Crippen LogP contribution is -1.97. The topological polar surface area (TPSA) is 39.8 Å². The first-order chi connectivity index (χ1) is 10.2. The summed E-state index contributed by atoms with van der Waals surface area (Å²) in [6.07, 6.45) is 8.99. The van der Waals surface area contributed by atoms with Crippen molar-refractivity contribution in [1.29, 1.82) is 0 Å². The molecule has 3 rings (SSSR count). The SMILES string of the molecule is Cn1nccc1/C=C/C(=O)c1ccc(-n2cccc2)cc1. The molecule has 2 heterocycles. The summed E-state index contributed by atoms with van der Waals surface area (Å²) in [6.45, 7) is 0. The molecule has 1 aromatic carbocycles. The van der Waals surface area contributed by atoms with Gasteiger partial charge in [-0.15, -0.1) is 0 Å². The third kappa shape index (κ3) is 2.84. The first-order valence-electron chi connectivity index (χ1n) is 6.68. The van der Waals surface area contributed by atoms with Crippen molar-refractivity contribution in [2.45, 2.75) is 0 Å². The van der Waals surface area contributed by atoms with Gasteiger partial charge in [-0.2, -0.15) is 5.10 Å². The maximum atomic E-state index is 12.1. The molecule has 0 atom stereocenters. The van der Waals surface area contributed by atoms with Crippen molar-refractivity contribution in [2.24, 2.45) is 7.05 Å². The van der Waals surface area contributed by atoms with E-state index in [-0.39, 0.29) is 5.78 Å². The van der Waals surface area contributed by atoms with Gasteiger partial charge >= 0.3 is 0 Å². The minimum Gasteiger partial charge on any atom is -0.324 e. The summed E-state index contributed by atoms with van der Waals surface area (Å²) in [5.74, 6) is -0.0183. The highest BCUT2D eigenvalue weighted by Crippen LogP contribution is 2.11. The minimum absolute atomic E-state index is 0.0183. The van der Waals surface area contributed by atoms with Crippen LogP contribution in [-0.4, -0.2) is 20.1 Å². The Morgan fingerprint density at radius 2 is 1.81 bits per heavy atom. The molecule has 4 nitrogen and oxygen atoms in total. The van der Waals surface area contributed by atoms with Crippen molar-refractivity contribution < 1.29 is 4.79 Å². The Labute approximate surface area is 123 Å². The molecule has 0 aliphatic rings. The van der Waals surface area contributed by atoms with Crippen LogP contribution < -0.4 is 0 Å². The van der Waals surface area contributed by atoms with Gasteiger partial charge < -0.3 is 4.57 Å². The van der Waals surface area contributed by atoms with Crippen molar-refractivity contribution in [3.8, 4) is 5.69 Å². The van der Waals surface area contributed by atoms with Gasteiger partial charge in [0.2, 0.25) is 0 Å². The molecular formula is C17H15N3O. The molecule has 4 heteroatoms. The van der Waals surface area contributed by atoms with Crippen molar-refractivity contribution in [1.82, 2.24) is 14.3 Å². The van der Waals surface area contributed by atoms with E-state index in [2.05, 4.69) is 5.10 Å². The van der Waals surface area contributed by atoms with E-state index in [1.807, 2.05) is 66.5 Å². The number of carbonyl (C=O) groups is 1. The van der Waals surface area contributed by atoms with E-state index in [1.165, 1.54) is 0 Å². The third-order valence-corrected chi connectivity index (χ3v) is 3.32. The summed E-state index contributed by atoms with van der Waals surface area (Å²) in [6, 6.07) is 13.3. The summed E-state index contributed by atoms with van der Waals surface area (Å²) in [5, 5.41) is 4.06. The summed E-state index contributed by atoms with van der Waals surface area (Å²) in [4.78, 5) is 12.1. The predicted molar refractivity (Wildman–Crippen MR) is 82.3 cm³/mol. The van der Waals surface area contributed by atoms with Crippen molar-refractivity contribution in [3.05, 3.63) is 78.4 Å². The van der Waals surface area contributed by atoms with Gasteiger partial charge in [0, 0.05) is 36.9 Å². The van der Waals surface area contributed by atoms with E-state index in [0.29, 0.717) is 5.56 Å². The smallest absolute Gasteiger partial charge is 0.185 e. The Kier molecular flexibility index (Phi) is 3.51. The molecule has 0 unspecified atom stereocenters.